The molecule has 0 atom stereocenters. The summed E-state index contributed by atoms with van der Waals surface area (Å²) in [6.45, 7) is 1.13. The summed E-state index contributed by atoms with van der Waals surface area (Å²) in [4.78, 5) is 13.0. The molecule has 3 rings (SSSR count). The Labute approximate surface area is 162 Å². The van der Waals surface area contributed by atoms with Crippen molar-refractivity contribution in [3.8, 4) is 5.75 Å². The Balaban J connectivity index is 0.00000261. The topological polar surface area (TPSA) is 68.2 Å². The first-order valence-corrected chi connectivity index (χ1v) is 8.59. The van der Waals surface area contributed by atoms with Gasteiger partial charge in [-0.15, -0.1) is 12.4 Å². The number of carbonyl (C=O) groups excluding carboxylic acids is 1. The second-order valence-electron chi connectivity index (χ2n) is 6.26. The predicted octanol–water partition coefficient (Wildman–Crippen LogP) is 2.34. The van der Waals surface area contributed by atoms with Gasteiger partial charge in [0.05, 0.1) is 0 Å². The molecule has 27 heavy (non-hydrogen) atoms. The zero-order chi connectivity index (χ0) is 18.4. The Morgan fingerprint density at radius 2 is 2.11 bits per heavy atom. The van der Waals surface area contributed by atoms with Gasteiger partial charge >= 0.3 is 0 Å². The van der Waals surface area contributed by atoms with Gasteiger partial charge in [-0.3, -0.25) is 9.48 Å². The highest BCUT2D eigenvalue weighted by atomic mass is 35.5. The van der Waals surface area contributed by atoms with Crippen LogP contribution in [-0.4, -0.2) is 41.8 Å². The third kappa shape index (κ3) is 5.17. The van der Waals surface area contributed by atoms with Crippen LogP contribution in [0.4, 0.5) is 8.78 Å². The molecule has 0 unspecified atom stereocenters. The average molecular weight is 401 g/mol. The molecule has 2 aromatic rings. The zero-order valence-electron chi connectivity index (χ0n) is 14.7. The molecule has 1 fully saturated rings. The number of nitrogens with zero attached hydrogens (tertiary/aromatic N) is 2. The Morgan fingerprint density at radius 3 is 2.78 bits per heavy atom. The number of aromatic nitrogens is 2. The molecule has 1 aliphatic rings. The molecule has 9 heteroatoms. The number of amides is 1. The number of carbonyl (C=O) groups is 1. The van der Waals surface area contributed by atoms with Crippen molar-refractivity contribution in [1.82, 2.24) is 20.4 Å². The van der Waals surface area contributed by atoms with E-state index in [0.29, 0.717) is 25.1 Å². The van der Waals surface area contributed by atoms with Gasteiger partial charge in [0.1, 0.15) is 17.9 Å². The van der Waals surface area contributed by atoms with Crippen LogP contribution in [0, 0.1) is 0 Å². The largest absolute Gasteiger partial charge is 0.488 e. The molecule has 0 saturated carbocycles. The number of hydrogen-bond acceptors (Lipinski definition) is 4. The van der Waals surface area contributed by atoms with E-state index in [9.17, 15) is 13.6 Å². The molecule has 1 aromatic carbocycles. The van der Waals surface area contributed by atoms with Crippen molar-refractivity contribution in [2.24, 2.45) is 0 Å². The molecule has 6 nitrogen and oxygen atoms in total. The normalized spacial score (nSPS) is 15.8. The lowest BCUT2D eigenvalue weighted by Crippen LogP contribution is -2.54. The number of rotatable bonds is 7. The van der Waals surface area contributed by atoms with Crippen LogP contribution in [0.25, 0.3) is 0 Å². The summed E-state index contributed by atoms with van der Waals surface area (Å²) >= 11 is 0. The van der Waals surface area contributed by atoms with Crippen LogP contribution in [0.15, 0.2) is 42.7 Å². The minimum Gasteiger partial charge on any atom is -0.488 e. The number of ether oxygens (including phenoxy) is 1. The summed E-state index contributed by atoms with van der Waals surface area (Å²) < 4.78 is 31.3. The Morgan fingerprint density at radius 1 is 1.33 bits per heavy atom. The van der Waals surface area contributed by atoms with Gasteiger partial charge in [0.25, 0.3) is 6.43 Å². The molecule has 2 N–H and O–H groups in total. The number of hydrogen-bond donors (Lipinski definition) is 2. The van der Waals surface area contributed by atoms with Crippen molar-refractivity contribution in [2.45, 2.75) is 31.4 Å². The number of halogens is 3. The lowest BCUT2D eigenvalue weighted by Gasteiger charge is -2.36. The summed E-state index contributed by atoms with van der Waals surface area (Å²) in [6, 6.07) is 8.62. The highest BCUT2D eigenvalue weighted by Crippen LogP contribution is 2.27. The SMILES string of the molecule is Cl.O=C(NCc1cccc(OCC(F)F)c1)C1(n2cccn2)CCNCC1. The van der Waals surface area contributed by atoms with Gasteiger partial charge in [-0.1, -0.05) is 12.1 Å². The van der Waals surface area contributed by atoms with Crippen molar-refractivity contribution >= 4 is 18.3 Å². The first kappa shape index (κ1) is 21.1. The van der Waals surface area contributed by atoms with Crippen molar-refractivity contribution in [3.63, 3.8) is 0 Å². The summed E-state index contributed by atoms with van der Waals surface area (Å²) in [7, 11) is 0. The minimum atomic E-state index is -2.52. The van der Waals surface area contributed by atoms with E-state index >= 15 is 0 Å². The molecule has 148 valence electrons. The molecule has 0 radical (unpaired) electrons. The van der Waals surface area contributed by atoms with Crippen LogP contribution >= 0.6 is 12.4 Å². The summed E-state index contributed by atoms with van der Waals surface area (Å²) in [5.41, 5.74) is 0.0769. The highest BCUT2D eigenvalue weighted by molar-refractivity contribution is 5.85. The van der Waals surface area contributed by atoms with Crippen molar-refractivity contribution in [2.75, 3.05) is 19.7 Å². The standard InChI is InChI=1S/C18H22F2N4O2.ClH/c19-16(20)13-26-15-4-1-3-14(11-15)12-22-17(25)18(5-8-21-9-6-18)24-10-2-7-23-24;/h1-4,7,10-11,16,21H,5-6,8-9,12-13H2,(H,22,25);1H. The van der Waals surface area contributed by atoms with Gasteiger partial charge < -0.3 is 15.4 Å². The van der Waals surface area contributed by atoms with E-state index in [4.69, 9.17) is 4.74 Å². The monoisotopic (exact) mass is 400 g/mol. The molecule has 0 bridgehead atoms. The van der Waals surface area contributed by atoms with E-state index in [2.05, 4.69) is 15.7 Å². The number of nitrogens with one attached hydrogen (secondary N) is 2. The van der Waals surface area contributed by atoms with Crippen molar-refractivity contribution in [3.05, 3.63) is 48.3 Å². The molecule has 1 aliphatic heterocycles. The molecular weight excluding hydrogens is 378 g/mol. The van der Waals surface area contributed by atoms with Gasteiger partial charge in [0, 0.05) is 18.9 Å². The predicted molar refractivity (Wildman–Crippen MR) is 99.3 cm³/mol. The molecular formula is C18H23ClF2N4O2. The fourth-order valence-electron chi connectivity index (χ4n) is 3.17. The number of benzene rings is 1. The average Bonchev–Trinajstić information content (AvgIpc) is 3.20. The van der Waals surface area contributed by atoms with Crippen molar-refractivity contribution in [1.29, 1.82) is 0 Å². The smallest absolute Gasteiger partial charge is 0.272 e. The van der Waals surface area contributed by atoms with Gasteiger partial charge in [-0.05, 0) is 49.7 Å². The fourth-order valence-corrected chi connectivity index (χ4v) is 3.17. The third-order valence-corrected chi connectivity index (χ3v) is 4.52. The van der Waals surface area contributed by atoms with E-state index in [1.54, 1.807) is 35.1 Å². The molecule has 2 heterocycles. The first-order chi connectivity index (χ1) is 12.6. The van der Waals surface area contributed by atoms with Crippen LogP contribution in [0.3, 0.4) is 0 Å². The highest BCUT2D eigenvalue weighted by Gasteiger charge is 2.41. The number of piperidine rings is 1. The van der Waals surface area contributed by atoms with Crippen LogP contribution in [0.1, 0.15) is 18.4 Å². The molecule has 0 spiro atoms. The fraction of sp³-hybridized carbons (Fsp3) is 0.444. The van der Waals surface area contributed by atoms with Crippen LogP contribution < -0.4 is 15.4 Å². The maximum atomic E-state index is 13.0. The number of alkyl halides is 2. The lowest BCUT2D eigenvalue weighted by atomic mass is 9.87. The van der Waals surface area contributed by atoms with E-state index in [-0.39, 0.29) is 18.3 Å². The minimum absolute atomic E-state index is 0. The summed E-state index contributed by atoms with van der Waals surface area (Å²) in [5.74, 6) is 0.266. The molecule has 0 aliphatic carbocycles. The van der Waals surface area contributed by atoms with Gasteiger partial charge in [-0.2, -0.15) is 5.10 Å². The molecule has 1 amide bonds. The molecule has 1 aromatic heterocycles. The zero-order valence-corrected chi connectivity index (χ0v) is 15.6. The summed E-state index contributed by atoms with van der Waals surface area (Å²) in [5, 5.41) is 10.5. The van der Waals surface area contributed by atoms with E-state index in [1.165, 1.54) is 0 Å². The Hall–Kier alpha value is -2.19. The van der Waals surface area contributed by atoms with E-state index < -0.39 is 18.6 Å². The Kier molecular flexibility index (Phi) is 7.55. The summed E-state index contributed by atoms with van der Waals surface area (Å²) in [6.07, 6.45) is 2.26. The third-order valence-electron chi connectivity index (χ3n) is 4.52. The second kappa shape index (κ2) is 9.66. The van der Waals surface area contributed by atoms with Crippen LogP contribution in [0.2, 0.25) is 0 Å². The maximum absolute atomic E-state index is 13.0. The first-order valence-electron chi connectivity index (χ1n) is 8.59. The maximum Gasteiger partial charge on any atom is 0.272 e. The van der Waals surface area contributed by atoms with Gasteiger partial charge in [0.2, 0.25) is 5.91 Å². The van der Waals surface area contributed by atoms with Crippen LogP contribution in [-0.2, 0) is 16.9 Å². The van der Waals surface area contributed by atoms with Crippen LogP contribution in [0.5, 0.6) is 5.75 Å². The van der Waals surface area contributed by atoms with Gasteiger partial charge in [-0.25, -0.2) is 8.78 Å². The van der Waals surface area contributed by atoms with E-state index in [1.807, 2.05) is 12.3 Å². The quantitative estimate of drug-likeness (QED) is 0.748. The second-order valence-corrected chi connectivity index (χ2v) is 6.26. The lowest BCUT2D eigenvalue weighted by molar-refractivity contribution is -0.132. The van der Waals surface area contributed by atoms with E-state index in [0.717, 1.165) is 18.7 Å². The van der Waals surface area contributed by atoms with Crippen molar-refractivity contribution < 1.29 is 18.3 Å². The van der Waals surface area contributed by atoms with Gasteiger partial charge in [0.15, 0.2) is 0 Å². The molecule has 1 saturated heterocycles. The Bertz CT molecular complexity index is 722.